The van der Waals surface area contributed by atoms with Crippen molar-refractivity contribution in [1.82, 2.24) is 20.1 Å². The number of hydrogen-bond acceptors (Lipinski definition) is 4. The number of amides is 3. The van der Waals surface area contributed by atoms with Gasteiger partial charge in [0.2, 0.25) is 5.91 Å². The predicted molar refractivity (Wildman–Crippen MR) is 128 cm³/mol. The molecule has 0 radical (unpaired) electrons. The standard InChI is InChI=1S/C25H36N4O4/c1-16-15-28(23(32)33-25(5,6)7)12-13-29(16)22(31)20(24(2,3)4)27-21(30)19-14-17-10-8-9-11-18(17)26-19/h8-11,14,16,20,26H,12-13,15H2,1-7H3,(H,27,30)/t16?,20-/m1/s1. The largest absolute Gasteiger partial charge is 0.444 e. The van der Waals surface area contributed by atoms with Crippen LogP contribution >= 0.6 is 0 Å². The first-order valence-corrected chi connectivity index (χ1v) is 11.4. The molecule has 2 aromatic rings. The first-order chi connectivity index (χ1) is 15.3. The maximum Gasteiger partial charge on any atom is 0.410 e. The summed E-state index contributed by atoms with van der Waals surface area (Å²) in [5, 5.41) is 3.89. The summed E-state index contributed by atoms with van der Waals surface area (Å²) in [4.78, 5) is 45.5. The SMILES string of the molecule is CC1CN(C(=O)OC(C)(C)C)CCN1C(=O)[C@@H](NC(=O)c1cc2ccccc2[nH]1)C(C)(C)C. The highest BCUT2D eigenvalue weighted by molar-refractivity contribution is 6.00. The highest BCUT2D eigenvalue weighted by Crippen LogP contribution is 2.25. The summed E-state index contributed by atoms with van der Waals surface area (Å²) >= 11 is 0. The topological polar surface area (TPSA) is 94.7 Å². The zero-order valence-corrected chi connectivity index (χ0v) is 20.7. The molecule has 8 heteroatoms. The molecule has 33 heavy (non-hydrogen) atoms. The molecule has 2 N–H and O–H groups in total. The summed E-state index contributed by atoms with van der Waals surface area (Å²) in [6.45, 7) is 14.4. The van der Waals surface area contributed by atoms with Gasteiger partial charge in [0.05, 0.1) is 0 Å². The monoisotopic (exact) mass is 456 g/mol. The molecule has 1 aliphatic rings. The number of para-hydroxylation sites is 1. The zero-order valence-electron chi connectivity index (χ0n) is 20.7. The summed E-state index contributed by atoms with van der Waals surface area (Å²) in [7, 11) is 0. The maximum absolute atomic E-state index is 13.6. The van der Waals surface area contributed by atoms with E-state index in [2.05, 4.69) is 10.3 Å². The lowest BCUT2D eigenvalue weighted by Gasteiger charge is -2.43. The average Bonchev–Trinajstić information content (AvgIpc) is 3.13. The van der Waals surface area contributed by atoms with Crippen molar-refractivity contribution in [2.24, 2.45) is 5.41 Å². The molecule has 1 aromatic heterocycles. The molecule has 3 rings (SSSR count). The fourth-order valence-electron chi connectivity index (χ4n) is 4.00. The van der Waals surface area contributed by atoms with Crippen LogP contribution in [-0.4, -0.2) is 70.0 Å². The summed E-state index contributed by atoms with van der Waals surface area (Å²) in [5.41, 5.74) is 0.215. The summed E-state index contributed by atoms with van der Waals surface area (Å²) < 4.78 is 5.47. The second-order valence-electron chi connectivity index (χ2n) is 10.8. The van der Waals surface area contributed by atoms with Gasteiger partial charge in [0.15, 0.2) is 0 Å². The van der Waals surface area contributed by atoms with Gasteiger partial charge >= 0.3 is 6.09 Å². The third-order valence-corrected chi connectivity index (χ3v) is 5.73. The van der Waals surface area contributed by atoms with Crippen LogP contribution in [0.15, 0.2) is 30.3 Å². The van der Waals surface area contributed by atoms with Crippen LogP contribution in [0.3, 0.4) is 0 Å². The van der Waals surface area contributed by atoms with Crippen molar-refractivity contribution in [2.75, 3.05) is 19.6 Å². The number of fused-ring (bicyclic) bond motifs is 1. The Bertz CT molecular complexity index is 998. The molecule has 0 aliphatic carbocycles. The number of carbonyl (C=O) groups excluding carboxylic acids is 3. The number of nitrogens with one attached hydrogen (secondary N) is 2. The molecule has 1 fully saturated rings. The van der Waals surface area contributed by atoms with Crippen LogP contribution in [-0.2, 0) is 9.53 Å². The molecule has 180 valence electrons. The van der Waals surface area contributed by atoms with Crippen molar-refractivity contribution >= 4 is 28.8 Å². The number of H-pyrrole nitrogens is 1. The number of aromatic nitrogens is 1. The van der Waals surface area contributed by atoms with E-state index >= 15 is 0 Å². The Kier molecular flexibility index (Phi) is 6.77. The molecule has 0 saturated carbocycles. The van der Waals surface area contributed by atoms with Gasteiger partial charge in [-0.25, -0.2) is 4.79 Å². The molecule has 1 aliphatic heterocycles. The van der Waals surface area contributed by atoms with Crippen molar-refractivity contribution in [3.05, 3.63) is 36.0 Å². The highest BCUT2D eigenvalue weighted by atomic mass is 16.6. The molecular weight excluding hydrogens is 420 g/mol. The fraction of sp³-hybridized carbons (Fsp3) is 0.560. The molecule has 2 heterocycles. The Morgan fingerprint density at radius 1 is 1.09 bits per heavy atom. The van der Waals surface area contributed by atoms with E-state index in [-0.39, 0.29) is 23.9 Å². The van der Waals surface area contributed by atoms with Gasteiger partial charge < -0.3 is 24.8 Å². The highest BCUT2D eigenvalue weighted by Gasteiger charge is 2.40. The van der Waals surface area contributed by atoms with E-state index < -0.39 is 17.1 Å². The third-order valence-electron chi connectivity index (χ3n) is 5.73. The number of ether oxygens (including phenoxy) is 1. The van der Waals surface area contributed by atoms with Gasteiger partial charge in [0.25, 0.3) is 5.91 Å². The van der Waals surface area contributed by atoms with Gasteiger partial charge in [-0.15, -0.1) is 0 Å². The lowest BCUT2D eigenvalue weighted by atomic mass is 9.85. The second-order valence-corrected chi connectivity index (χ2v) is 10.8. The van der Waals surface area contributed by atoms with E-state index in [1.807, 2.05) is 72.7 Å². The lowest BCUT2D eigenvalue weighted by molar-refractivity contribution is -0.140. The molecule has 3 amide bonds. The summed E-state index contributed by atoms with van der Waals surface area (Å²) in [6, 6.07) is 8.53. The predicted octanol–water partition coefficient (Wildman–Crippen LogP) is 3.78. The van der Waals surface area contributed by atoms with Crippen LogP contribution in [0.5, 0.6) is 0 Å². The number of carbonyl (C=O) groups is 3. The Morgan fingerprint density at radius 2 is 1.76 bits per heavy atom. The Morgan fingerprint density at radius 3 is 2.33 bits per heavy atom. The zero-order chi connectivity index (χ0) is 24.6. The average molecular weight is 457 g/mol. The van der Waals surface area contributed by atoms with Crippen molar-refractivity contribution in [3.8, 4) is 0 Å². The number of benzene rings is 1. The Labute approximate surface area is 195 Å². The van der Waals surface area contributed by atoms with E-state index in [0.717, 1.165) is 10.9 Å². The van der Waals surface area contributed by atoms with Crippen LogP contribution in [0.25, 0.3) is 10.9 Å². The quantitative estimate of drug-likeness (QED) is 0.735. The third kappa shape index (κ3) is 5.86. The smallest absolute Gasteiger partial charge is 0.410 e. The molecular formula is C25H36N4O4. The van der Waals surface area contributed by atoms with E-state index in [0.29, 0.717) is 25.3 Å². The first kappa shape index (κ1) is 24.6. The van der Waals surface area contributed by atoms with Gasteiger partial charge in [-0.1, -0.05) is 39.0 Å². The van der Waals surface area contributed by atoms with E-state index in [4.69, 9.17) is 4.74 Å². The van der Waals surface area contributed by atoms with Crippen molar-refractivity contribution in [2.45, 2.75) is 66.2 Å². The number of nitrogens with zero attached hydrogens (tertiary/aromatic N) is 2. The minimum atomic E-state index is -0.716. The molecule has 1 aromatic carbocycles. The number of aromatic amines is 1. The van der Waals surface area contributed by atoms with Crippen LogP contribution in [0.4, 0.5) is 4.79 Å². The Balaban J connectivity index is 1.72. The molecule has 0 bridgehead atoms. The van der Waals surface area contributed by atoms with E-state index in [1.165, 1.54) is 0 Å². The minimum Gasteiger partial charge on any atom is -0.444 e. The van der Waals surface area contributed by atoms with E-state index in [9.17, 15) is 14.4 Å². The minimum absolute atomic E-state index is 0.150. The van der Waals surface area contributed by atoms with Crippen LogP contribution in [0.1, 0.15) is 59.0 Å². The Hall–Kier alpha value is -3.03. The maximum atomic E-state index is 13.6. The van der Waals surface area contributed by atoms with Crippen molar-refractivity contribution < 1.29 is 19.1 Å². The summed E-state index contributed by atoms with van der Waals surface area (Å²) in [6.07, 6.45) is -0.374. The van der Waals surface area contributed by atoms with Crippen LogP contribution in [0, 0.1) is 5.41 Å². The lowest BCUT2D eigenvalue weighted by Crippen LogP contribution is -2.62. The van der Waals surface area contributed by atoms with Gasteiger partial charge in [-0.05, 0) is 45.2 Å². The van der Waals surface area contributed by atoms with Gasteiger partial charge in [-0.2, -0.15) is 0 Å². The number of hydrogen-bond donors (Lipinski definition) is 2. The summed E-state index contributed by atoms with van der Waals surface area (Å²) in [5.74, 6) is -0.470. The number of piperazine rings is 1. The van der Waals surface area contributed by atoms with Crippen LogP contribution < -0.4 is 5.32 Å². The first-order valence-electron chi connectivity index (χ1n) is 11.4. The van der Waals surface area contributed by atoms with Crippen molar-refractivity contribution in [3.63, 3.8) is 0 Å². The normalized spacial score (nSPS) is 18.2. The van der Waals surface area contributed by atoms with Gasteiger partial charge in [0.1, 0.15) is 17.3 Å². The van der Waals surface area contributed by atoms with Crippen LogP contribution in [0.2, 0.25) is 0 Å². The van der Waals surface area contributed by atoms with E-state index in [1.54, 1.807) is 15.9 Å². The molecule has 1 unspecified atom stereocenters. The fourth-order valence-corrected chi connectivity index (χ4v) is 4.00. The molecule has 1 saturated heterocycles. The number of rotatable bonds is 3. The van der Waals surface area contributed by atoms with Gasteiger partial charge in [-0.3, -0.25) is 9.59 Å². The molecule has 8 nitrogen and oxygen atoms in total. The molecule has 0 spiro atoms. The van der Waals surface area contributed by atoms with Gasteiger partial charge in [0, 0.05) is 36.6 Å². The molecule has 2 atom stereocenters. The second kappa shape index (κ2) is 9.08. The van der Waals surface area contributed by atoms with Crippen molar-refractivity contribution in [1.29, 1.82) is 0 Å².